The summed E-state index contributed by atoms with van der Waals surface area (Å²) in [5.74, 6) is 1.13. The molecule has 0 aliphatic heterocycles. The van der Waals surface area contributed by atoms with E-state index in [1.54, 1.807) is 31.4 Å². The van der Waals surface area contributed by atoms with Crippen LogP contribution in [0.1, 0.15) is 17.4 Å². The van der Waals surface area contributed by atoms with Crippen molar-refractivity contribution in [2.45, 2.75) is 6.92 Å². The number of methoxy groups -OCH3 is 1. The number of hydrogen-bond acceptors (Lipinski definition) is 3. The number of fused-ring (bicyclic) bond motifs is 1. The highest BCUT2D eigenvalue weighted by Crippen LogP contribution is 2.27. The summed E-state index contributed by atoms with van der Waals surface area (Å²) in [5, 5.41) is 4.14. The first-order valence-electron chi connectivity index (χ1n) is 7.51. The molecule has 2 N–H and O–H groups in total. The molecule has 6 heteroatoms. The third kappa shape index (κ3) is 3.31. The molecule has 0 bridgehead atoms. The molecule has 0 saturated carbocycles. The maximum atomic E-state index is 12.4. The zero-order valence-electron chi connectivity index (χ0n) is 13.4. The van der Waals surface area contributed by atoms with Gasteiger partial charge in [-0.15, -0.1) is 0 Å². The van der Waals surface area contributed by atoms with Crippen LogP contribution in [0.5, 0.6) is 11.5 Å². The number of amides is 1. The van der Waals surface area contributed by atoms with Gasteiger partial charge in [-0.1, -0.05) is 11.6 Å². The van der Waals surface area contributed by atoms with Gasteiger partial charge >= 0.3 is 0 Å². The number of carbonyl (C=O) groups excluding carboxylic acids is 1. The number of benzene rings is 2. The Kier molecular flexibility index (Phi) is 4.62. The zero-order valence-corrected chi connectivity index (χ0v) is 14.1. The second kappa shape index (κ2) is 6.84. The Balaban J connectivity index is 1.83. The van der Waals surface area contributed by atoms with Crippen LogP contribution in [0.15, 0.2) is 42.5 Å². The van der Waals surface area contributed by atoms with E-state index in [4.69, 9.17) is 21.1 Å². The number of ether oxygens (including phenoxy) is 2. The number of nitrogens with one attached hydrogen (secondary N) is 2. The maximum absolute atomic E-state index is 12.4. The Morgan fingerprint density at radius 2 is 1.96 bits per heavy atom. The van der Waals surface area contributed by atoms with E-state index in [1.165, 1.54) is 0 Å². The van der Waals surface area contributed by atoms with Crippen molar-refractivity contribution in [2.75, 3.05) is 19.0 Å². The molecule has 2 aromatic carbocycles. The van der Waals surface area contributed by atoms with E-state index in [-0.39, 0.29) is 5.91 Å². The molecular formula is C18H17ClN2O3. The lowest BCUT2D eigenvalue weighted by Crippen LogP contribution is -2.12. The monoisotopic (exact) mass is 344 g/mol. The molecular weight excluding hydrogens is 328 g/mol. The summed E-state index contributed by atoms with van der Waals surface area (Å²) >= 11 is 6.15. The van der Waals surface area contributed by atoms with Gasteiger partial charge in [0.05, 0.1) is 24.4 Å². The molecule has 1 amide bonds. The Hall–Kier alpha value is -2.66. The van der Waals surface area contributed by atoms with Gasteiger partial charge in [0.15, 0.2) is 0 Å². The van der Waals surface area contributed by atoms with Crippen molar-refractivity contribution in [1.29, 1.82) is 0 Å². The third-order valence-corrected chi connectivity index (χ3v) is 3.89. The van der Waals surface area contributed by atoms with Gasteiger partial charge in [0.1, 0.15) is 17.2 Å². The smallest absolute Gasteiger partial charge is 0.272 e. The minimum absolute atomic E-state index is 0.267. The second-order valence-electron chi connectivity index (χ2n) is 5.16. The number of hydrogen-bond donors (Lipinski definition) is 2. The van der Waals surface area contributed by atoms with Crippen LogP contribution in [0.3, 0.4) is 0 Å². The normalized spacial score (nSPS) is 10.6. The minimum atomic E-state index is -0.267. The molecule has 3 rings (SSSR count). The average Bonchev–Trinajstić information content (AvgIpc) is 3.00. The quantitative estimate of drug-likeness (QED) is 0.717. The highest BCUT2D eigenvalue weighted by Gasteiger charge is 2.12. The number of halogens is 1. The first-order chi connectivity index (χ1) is 11.6. The Morgan fingerprint density at radius 3 is 2.67 bits per heavy atom. The summed E-state index contributed by atoms with van der Waals surface area (Å²) in [6.07, 6.45) is 0. The first-order valence-corrected chi connectivity index (χ1v) is 7.89. The topological polar surface area (TPSA) is 63.4 Å². The van der Waals surface area contributed by atoms with Crippen LogP contribution in [0.25, 0.3) is 10.9 Å². The summed E-state index contributed by atoms with van der Waals surface area (Å²) in [6, 6.07) is 12.5. The average molecular weight is 345 g/mol. The molecule has 0 spiro atoms. The molecule has 0 saturated heterocycles. The van der Waals surface area contributed by atoms with Gasteiger partial charge in [0.25, 0.3) is 5.91 Å². The number of aromatic amines is 1. The summed E-state index contributed by atoms with van der Waals surface area (Å²) in [6.45, 7) is 2.52. The summed E-state index contributed by atoms with van der Waals surface area (Å²) < 4.78 is 10.6. The summed E-state index contributed by atoms with van der Waals surface area (Å²) in [5.41, 5.74) is 1.81. The fourth-order valence-corrected chi connectivity index (χ4v) is 2.62. The van der Waals surface area contributed by atoms with Crippen molar-refractivity contribution in [3.05, 3.63) is 53.2 Å². The minimum Gasteiger partial charge on any atom is -0.497 e. The third-order valence-electron chi connectivity index (χ3n) is 3.57. The van der Waals surface area contributed by atoms with Gasteiger partial charge < -0.3 is 19.8 Å². The van der Waals surface area contributed by atoms with Gasteiger partial charge in [-0.25, -0.2) is 0 Å². The van der Waals surface area contributed by atoms with Gasteiger partial charge in [0.2, 0.25) is 0 Å². The van der Waals surface area contributed by atoms with Crippen LogP contribution < -0.4 is 14.8 Å². The van der Waals surface area contributed by atoms with E-state index in [1.807, 2.05) is 25.1 Å². The second-order valence-corrected chi connectivity index (χ2v) is 5.57. The molecule has 0 aliphatic rings. The predicted octanol–water partition coefficient (Wildman–Crippen LogP) is 4.48. The Bertz CT molecular complexity index is 889. The molecule has 1 aromatic heterocycles. The van der Waals surface area contributed by atoms with Crippen molar-refractivity contribution in [2.24, 2.45) is 0 Å². The number of rotatable bonds is 5. The number of H-pyrrole nitrogens is 1. The van der Waals surface area contributed by atoms with Crippen LogP contribution in [0.2, 0.25) is 5.02 Å². The summed E-state index contributed by atoms with van der Waals surface area (Å²) in [7, 11) is 1.56. The standard InChI is InChI=1S/C18H17ClN2O3/c1-3-24-13-5-4-11-8-17(20-16(11)10-13)18(22)21-15-7-6-12(23-2)9-14(15)19/h4-10,20H,3H2,1-2H3,(H,21,22). The fraction of sp³-hybridized carbons (Fsp3) is 0.167. The lowest BCUT2D eigenvalue weighted by molar-refractivity contribution is 0.102. The van der Waals surface area contributed by atoms with E-state index in [0.29, 0.717) is 28.8 Å². The Labute approximate surface area is 144 Å². The van der Waals surface area contributed by atoms with E-state index < -0.39 is 0 Å². The van der Waals surface area contributed by atoms with E-state index >= 15 is 0 Å². The highest BCUT2D eigenvalue weighted by molar-refractivity contribution is 6.34. The lowest BCUT2D eigenvalue weighted by atomic mass is 10.2. The lowest BCUT2D eigenvalue weighted by Gasteiger charge is -2.07. The van der Waals surface area contributed by atoms with Crippen molar-refractivity contribution in [1.82, 2.24) is 4.98 Å². The van der Waals surface area contributed by atoms with Crippen LogP contribution in [0.4, 0.5) is 5.69 Å². The molecule has 0 radical (unpaired) electrons. The SMILES string of the molecule is CCOc1ccc2cc(C(=O)Nc3ccc(OC)cc3Cl)[nH]c2c1. The Morgan fingerprint density at radius 1 is 1.17 bits per heavy atom. The molecule has 24 heavy (non-hydrogen) atoms. The van der Waals surface area contributed by atoms with Gasteiger partial charge in [-0.3, -0.25) is 4.79 Å². The van der Waals surface area contributed by atoms with Gasteiger partial charge in [-0.2, -0.15) is 0 Å². The number of carbonyl (C=O) groups is 1. The van der Waals surface area contributed by atoms with Crippen LogP contribution in [-0.4, -0.2) is 24.6 Å². The van der Waals surface area contributed by atoms with Crippen molar-refractivity contribution < 1.29 is 14.3 Å². The maximum Gasteiger partial charge on any atom is 0.272 e. The van der Waals surface area contributed by atoms with E-state index in [2.05, 4.69) is 10.3 Å². The van der Waals surface area contributed by atoms with Crippen molar-refractivity contribution >= 4 is 34.1 Å². The highest BCUT2D eigenvalue weighted by atomic mass is 35.5. The van der Waals surface area contributed by atoms with Crippen LogP contribution in [0, 0.1) is 0 Å². The largest absolute Gasteiger partial charge is 0.497 e. The first kappa shape index (κ1) is 16.2. The number of aromatic nitrogens is 1. The van der Waals surface area contributed by atoms with Crippen molar-refractivity contribution in [3.63, 3.8) is 0 Å². The molecule has 3 aromatic rings. The van der Waals surface area contributed by atoms with E-state index in [0.717, 1.165) is 16.7 Å². The van der Waals surface area contributed by atoms with Crippen molar-refractivity contribution in [3.8, 4) is 11.5 Å². The molecule has 0 fully saturated rings. The van der Waals surface area contributed by atoms with E-state index in [9.17, 15) is 4.79 Å². The molecule has 0 aliphatic carbocycles. The molecule has 124 valence electrons. The molecule has 0 atom stereocenters. The fourth-order valence-electron chi connectivity index (χ4n) is 2.40. The number of anilines is 1. The van der Waals surface area contributed by atoms with Crippen LogP contribution in [-0.2, 0) is 0 Å². The molecule has 1 heterocycles. The summed E-state index contributed by atoms with van der Waals surface area (Å²) in [4.78, 5) is 15.5. The molecule has 5 nitrogen and oxygen atoms in total. The van der Waals surface area contributed by atoms with Gasteiger partial charge in [0, 0.05) is 23.0 Å². The predicted molar refractivity (Wildman–Crippen MR) is 95.4 cm³/mol. The zero-order chi connectivity index (χ0) is 17.1. The molecule has 0 unspecified atom stereocenters. The van der Waals surface area contributed by atoms with Crippen LogP contribution >= 0.6 is 11.6 Å². The van der Waals surface area contributed by atoms with Gasteiger partial charge in [-0.05, 0) is 37.3 Å².